The summed E-state index contributed by atoms with van der Waals surface area (Å²) in [4.78, 5) is 23.7. The van der Waals surface area contributed by atoms with Gasteiger partial charge in [-0.05, 0) is 31.9 Å². The molecule has 5 nitrogen and oxygen atoms in total. The summed E-state index contributed by atoms with van der Waals surface area (Å²) in [5.74, 6) is 1.16. The van der Waals surface area contributed by atoms with E-state index in [1.165, 1.54) is 11.1 Å². The molecule has 3 rings (SSSR count). The van der Waals surface area contributed by atoms with Crippen molar-refractivity contribution in [3.63, 3.8) is 0 Å². The van der Waals surface area contributed by atoms with Crippen LogP contribution in [0.25, 0.3) is 0 Å². The number of nitrogens with one attached hydrogen (secondary N) is 1. The van der Waals surface area contributed by atoms with Gasteiger partial charge in [-0.15, -0.1) is 0 Å². The number of rotatable bonds is 7. The van der Waals surface area contributed by atoms with Crippen molar-refractivity contribution >= 4 is 11.7 Å². The van der Waals surface area contributed by atoms with Crippen LogP contribution in [0.3, 0.4) is 0 Å². The molecule has 0 fully saturated rings. The van der Waals surface area contributed by atoms with Gasteiger partial charge in [0, 0.05) is 25.7 Å². The van der Waals surface area contributed by atoms with Crippen LogP contribution >= 0.6 is 0 Å². The predicted molar refractivity (Wildman–Crippen MR) is 112 cm³/mol. The predicted octanol–water partition coefficient (Wildman–Crippen LogP) is 4.05. The van der Waals surface area contributed by atoms with E-state index >= 15 is 0 Å². The van der Waals surface area contributed by atoms with Gasteiger partial charge >= 0.3 is 0 Å². The first-order valence-corrected chi connectivity index (χ1v) is 9.53. The Morgan fingerprint density at radius 1 is 0.964 bits per heavy atom. The van der Waals surface area contributed by atoms with Gasteiger partial charge < -0.3 is 10.2 Å². The molecule has 0 saturated heterocycles. The number of hydrogen-bond donors (Lipinski definition) is 1. The highest BCUT2D eigenvalue weighted by Gasteiger charge is 2.14. The number of benzene rings is 2. The molecule has 1 heterocycles. The molecule has 1 aromatic heterocycles. The van der Waals surface area contributed by atoms with Crippen molar-refractivity contribution in [1.82, 2.24) is 15.3 Å². The van der Waals surface area contributed by atoms with Crippen molar-refractivity contribution in [1.29, 1.82) is 0 Å². The quantitative estimate of drug-likeness (QED) is 0.678. The maximum Gasteiger partial charge on any atom is 0.270 e. The van der Waals surface area contributed by atoms with Crippen LogP contribution in [0.2, 0.25) is 0 Å². The number of carbonyl (C=O) groups is 1. The van der Waals surface area contributed by atoms with Crippen LogP contribution in [0.1, 0.15) is 39.9 Å². The molecule has 0 aliphatic rings. The second-order valence-electron chi connectivity index (χ2n) is 6.83. The van der Waals surface area contributed by atoms with E-state index in [2.05, 4.69) is 45.3 Å². The fourth-order valence-electron chi connectivity index (χ4n) is 3.08. The summed E-state index contributed by atoms with van der Waals surface area (Å²) in [6.07, 6.45) is 0. The summed E-state index contributed by atoms with van der Waals surface area (Å²) in [6, 6.07) is 20.1. The van der Waals surface area contributed by atoms with E-state index in [1.54, 1.807) is 6.07 Å². The summed E-state index contributed by atoms with van der Waals surface area (Å²) in [5.41, 5.74) is 3.83. The summed E-state index contributed by atoms with van der Waals surface area (Å²) in [7, 11) is 0. The van der Waals surface area contributed by atoms with Gasteiger partial charge in [-0.1, -0.05) is 60.2 Å². The van der Waals surface area contributed by atoms with Crippen molar-refractivity contribution < 1.29 is 4.79 Å². The van der Waals surface area contributed by atoms with Crippen LogP contribution in [-0.4, -0.2) is 22.4 Å². The molecule has 1 N–H and O–H groups in total. The Bertz CT molecular complexity index is 940. The van der Waals surface area contributed by atoms with E-state index in [0.717, 1.165) is 24.5 Å². The van der Waals surface area contributed by atoms with Crippen molar-refractivity contribution in [2.24, 2.45) is 0 Å². The minimum atomic E-state index is -0.191. The van der Waals surface area contributed by atoms with Crippen molar-refractivity contribution in [3.8, 4) is 0 Å². The first kappa shape index (κ1) is 19.5. The van der Waals surface area contributed by atoms with Crippen LogP contribution in [0, 0.1) is 13.8 Å². The lowest BCUT2D eigenvalue weighted by Crippen LogP contribution is -2.27. The van der Waals surface area contributed by atoms with Gasteiger partial charge in [0.05, 0.1) is 0 Å². The van der Waals surface area contributed by atoms with Gasteiger partial charge in [-0.2, -0.15) is 0 Å². The van der Waals surface area contributed by atoms with Gasteiger partial charge in [0.25, 0.3) is 5.91 Å². The van der Waals surface area contributed by atoms with E-state index in [9.17, 15) is 4.79 Å². The Kier molecular flexibility index (Phi) is 6.37. The Morgan fingerprint density at radius 2 is 1.71 bits per heavy atom. The largest absolute Gasteiger partial charge is 0.352 e. The number of amides is 1. The average molecular weight is 374 g/mol. The lowest BCUT2D eigenvalue weighted by Gasteiger charge is -2.22. The van der Waals surface area contributed by atoms with E-state index in [-0.39, 0.29) is 5.91 Å². The highest BCUT2D eigenvalue weighted by atomic mass is 16.1. The maximum absolute atomic E-state index is 12.7. The highest BCUT2D eigenvalue weighted by molar-refractivity contribution is 5.92. The van der Waals surface area contributed by atoms with Gasteiger partial charge in [0.1, 0.15) is 17.3 Å². The third-order valence-corrected chi connectivity index (χ3v) is 4.51. The van der Waals surface area contributed by atoms with Crippen LogP contribution in [0.4, 0.5) is 5.82 Å². The van der Waals surface area contributed by atoms with Crippen LogP contribution in [0.5, 0.6) is 0 Å². The lowest BCUT2D eigenvalue weighted by atomic mass is 10.1. The van der Waals surface area contributed by atoms with Crippen molar-refractivity contribution in [3.05, 3.63) is 88.9 Å². The fourth-order valence-corrected chi connectivity index (χ4v) is 3.08. The molecule has 28 heavy (non-hydrogen) atoms. The summed E-state index contributed by atoms with van der Waals surface area (Å²) >= 11 is 0. The topological polar surface area (TPSA) is 58.1 Å². The van der Waals surface area contributed by atoms with Crippen molar-refractivity contribution in [2.45, 2.75) is 33.9 Å². The van der Waals surface area contributed by atoms with Gasteiger partial charge in [0.15, 0.2) is 0 Å². The van der Waals surface area contributed by atoms with Gasteiger partial charge in [0.2, 0.25) is 0 Å². The molecule has 0 aliphatic heterocycles. The molecule has 0 aliphatic carbocycles. The summed E-state index contributed by atoms with van der Waals surface area (Å²) in [6.45, 7) is 7.93. The molecule has 0 radical (unpaired) electrons. The Balaban J connectivity index is 1.75. The Morgan fingerprint density at radius 3 is 2.43 bits per heavy atom. The molecular formula is C23H26N4O. The molecule has 2 aromatic carbocycles. The van der Waals surface area contributed by atoms with Crippen LogP contribution in [0.15, 0.2) is 60.7 Å². The number of aryl methyl sites for hydroxylation is 2. The third kappa shape index (κ3) is 5.16. The number of nitrogens with zero attached hydrogens (tertiary/aromatic N) is 3. The first-order valence-electron chi connectivity index (χ1n) is 9.53. The third-order valence-electron chi connectivity index (χ3n) is 4.51. The molecule has 1 amide bonds. The van der Waals surface area contributed by atoms with E-state index in [4.69, 9.17) is 0 Å². The molecule has 144 valence electrons. The molecule has 0 atom stereocenters. The number of anilines is 1. The molecule has 3 aromatic rings. The molecule has 0 saturated carbocycles. The van der Waals surface area contributed by atoms with Crippen LogP contribution < -0.4 is 10.2 Å². The van der Waals surface area contributed by atoms with Gasteiger partial charge in [-0.3, -0.25) is 4.79 Å². The van der Waals surface area contributed by atoms with E-state index in [1.807, 2.05) is 50.2 Å². The second kappa shape index (κ2) is 9.13. The van der Waals surface area contributed by atoms with E-state index < -0.39 is 0 Å². The average Bonchev–Trinajstić information content (AvgIpc) is 2.70. The molecule has 0 spiro atoms. The normalized spacial score (nSPS) is 10.5. The summed E-state index contributed by atoms with van der Waals surface area (Å²) < 4.78 is 0. The smallest absolute Gasteiger partial charge is 0.270 e. The zero-order valence-corrected chi connectivity index (χ0v) is 16.6. The van der Waals surface area contributed by atoms with Crippen molar-refractivity contribution in [2.75, 3.05) is 11.4 Å². The zero-order chi connectivity index (χ0) is 19.9. The SMILES string of the molecule is CCN(Cc1ccccc1)c1cc(C(=O)NCc2cccc(C)c2)nc(C)n1. The first-order chi connectivity index (χ1) is 13.5. The lowest BCUT2D eigenvalue weighted by molar-refractivity contribution is 0.0945. The minimum absolute atomic E-state index is 0.191. The fraction of sp³-hybridized carbons (Fsp3) is 0.261. The molecular weight excluding hydrogens is 348 g/mol. The molecule has 0 bridgehead atoms. The Hall–Kier alpha value is -3.21. The maximum atomic E-state index is 12.7. The molecule has 5 heteroatoms. The van der Waals surface area contributed by atoms with Crippen LogP contribution in [-0.2, 0) is 13.1 Å². The number of aromatic nitrogens is 2. The zero-order valence-electron chi connectivity index (χ0n) is 16.6. The van der Waals surface area contributed by atoms with E-state index in [0.29, 0.717) is 18.1 Å². The number of hydrogen-bond acceptors (Lipinski definition) is 4. The standard InChI is InChI=1S/C23H26N4O/c1-4-27(16-19-10-6-5-7-11-19)22-14-21(25-18(3)26-22)23(28)24-15-20-12-8-9-17(2)13-20/h5-14H,4,15-16H2,1-3H3,(H,24,28). The van der Waals surface area contributed by atoms with Gasteiger partial charge in [-0.25, -0.2) is 9.97 Å². The monoisotopic (exact) mass is 374 g/mol. The number of carbonyl (C=O) groups excluding carboxylic acids is 1. The minimum Gasteiger partial charge on any atom is -0.352 e. The Labute approximate surface area is 166 Å². The summed E-state index contributed by atoms with van der Waals surface area (Å²) in [5, 5.41) is 2.96. The second-order valence-corrected chi connectivity index (χ2v) is 6.83. The molecule has 0 unspecified atom stereocenters. The highest BCUT2D eigenvalue weighted by Crippen LogP contribution is 2.16.